The van der Waals surface area contributed by atoms with Crippen LogP contribution in [0.2, 0.25) is 0 Å². The Morgan fingerprint density at radius 3 is 2.34 bits per heavy atom. The first-order chi connectivity index (χ1) is 16.7. The van der Waals surface area contributed by atoms with Crippen molar-refractivity contribution in [3.05, 3.63) is 71.2 Å². The second-order valence-electron chi connectivity index (χ2n) is 9.61. The largest absolute Gasteiger partial charge is 0.512 e. The number of sulfonamides is 1. The summed E-state index contributed by atoms with van der Waals surface area (Å²) in [5, 5.41) is 11.1. The summed E-state index contributed by atoms with van der Waals surface area (Å²) in [5.41, 5.74) is 0.681. The van der Waals surface area contributed by atoms with Gasteiger partial charge < -0.3 is 9.84 Å². The molecule has 1 unspecified atom stereocenters. The number of hydrogen-bond donors (Lipinski definition) is 2. The topological polar surface area (TPSA) is 92.7 Å². The number of benzene rings is 2. The van der Waals surface area contributed by atoms with Gasteiger partial charge in [-0.1, -0.05) is 38.8 Å². The zero-order valence-corrected chi connectivity index (χ0v) is 20.9. The van der Waals surface area contributed by atoms with E-state index in [9.17, 15) is 22.7 Å². The number of anilines is 1. The minimum absolute atomic E-state index is 0.0533. The molecule has 0 amide bonds. The Labute approximate surface area is 206 Å². The molecule has 6 nitrogen and oxygen atoms in total. The molecule has 1 heterocycles. The summed E-state index contributed by atoms with van der Waals surface area (Å²) in [6, 6.07) is 11.5. The number of halogens is 1. The normalized spacial score (nSPS) is 18.8. The number of aliphatic hydroxyl groups excluding tert-OH is 1. The highest BCUT2D eigenvalue weighted by Gasteiger charge is 2.46. The second-order valence-corrected chi connectivity index (χ2v) is 11.3. The van der Waals surface area contributed by atoms with Gasteiger partial charge in [-0.05, 0) is 73.6 Å². The van der Waals surface area contributed by atoms with Crippen molar-refractivity contribution >= 4 is 21.7 Å². The third-order valence-electron chi connectivity index (χ3n) is 6.77. The van der Waals surface area contributed by atoms with Crippen LogP contribution in [0.4, 0.5) is 10.1 Å². The molecule has 2 aliphatic rings. The Hall–Kier alpha value is -2.87. The molecule has 8 heteroatoms. The van der Waals surface area contributed by atoms with Crippen LogP contribution in [0.1, 0.15) is 70.3 Å². The monoisotopic (exact) mass is 501 g/mol. The number of carbonyl (C=O) groups excluding carboxylic acids is 1. The van der Waals surface area contributed by atoms with E-state index >= 15 is 0 Å². The van der Waals surface area contributed by atoms with Crippen LogP contribution in [-0.4, -0.2) is 25.1 Å². The van der Waals surface area contributed by atoms with Crippen molar-refractivity contribution in [3.63, 3.8) is 0 Å². The van der Waals surface area contributed by atoms with E-state index in [0.717, 1.165) is 43.4 Å². The number of esters is 1. The summed E-state index contributed by atoms with van der Waals surface area (Å²) >= 11 is 0. The Morgan fingerprint density at radius 1 is 1.11 bits per heavy atom. The maximum atomic E-state index is 13.3. The molecule has 35 heavy (non-hydrogen) atoms. The van der Waals surface area contributed by atoms with Crippen LogP contribution in [0.3, 0.4) is 0 Å². The minimum Gasteiger partial charge on any atom is -0.512 e. The number of carbonyl (C=O) groups is 1. The molecule has 1 atom stereocenters. The fourth-order valence-electron chi connectivity index (χ4n) is 5.15. The van der Waals surface area contributed by atoms with Crippen LogP contribution >= 0.6 is 0 Å². The highest BCUT2D eigenvalue weighted by atomic mass is 32.2. The summed E-state index contributed by atoms with van der Waals surface area (Å²) < 4.78 is 47.3. The molecule has 0 bridgehead atoms. The standard InChI is InChI=1S/C27H32FNO5S/c1-3-14-27(15-4-2)17-23(30)25(26(31)34-27)24(18-8-9-18)19-6-5-7-21(16-19)29-35(32,33)22-12-10-20(28)11-13-22/h5-7,10-13,16,18,24,29-30H,3-4,8-9,14-15,17H2,1-2H3. The fraction of sp³-hybridized carbons (Fsp3) is 0.444. The lowest BCUT2D eigenvalue weighted by molar-refractivity contribution is -0.161. The third-order valence-corrected chi connectivity index (χ3v) is 8.16. The zero-order chi connectivity index (χ0) is 25.2. The molecule has 188 valence electrons. The molecule has 1 fully saturated rings. The van der Waals surface area contributed by atoms with Crippen molar-refractivity contribution in [1.82, 2.24) is 0 Å². The first-order valence-electron chi connectivity index (χ1n) is 12.2. The van der Waals surface area contributed by atoms with Crippen molar-refractivity contribution in [2.45, 2.75) is 75.2 Å². The quantitative estimate of drug-likeness (QED) is 0.377. The van der Waals surface area contributed by atoms with E-state index in [1.807, 2.05) is 19.9 Å². The Kier molecular flexibility index (Phi) is 7.22. The van der Waals surface area contributed by atoms with Gasteiger partial charge in [0.15, 0.2) is 0 Å². The Morgan fingerprint density at radius 2 is 1.77 bits per heavy atom. The van der Waals surface area contributed by atoms with Crippen molar-refractivity contribution < 1.29 is 27.4 Å². The molecule has 4 rings (SSSR count). The molecular weight excluding hydrogens is 469 g/mol. The van der Waals surface area contributed by atoms with Gasteiger partial charge in [0.25, 0.3) is 10.0 Å². The molecule has 0 radical (unpaired) electrons. The SMILES string of the molecule is CCCC1(CCC)CC(O)=C(C(c2cccc(NS(=O)(=O)c3ccc(F)cc3)c2)C2CC2)C(=O)O1. The maximum Gasteiger partial charge on any atom is 0.338 e. The Bertz CT molecular complexity index is 1210. The summed E-state index contributed by atoms with van der Waals surface area (Å²) in [4.78, 5) is 13.2. The Balaban J connectivity index is 1.65. The van der Waals surface area contributed by atoms with Crippen LogP contribution in [0.15, 0.2) is 64.8 Å². The van der Waals surface area contributed by atoms with Crippen molar-refractivity contribution in [1.29, 1.82) is 0 Å². The average molecular weight is 502 g/mol. The predicted octanol–water partition coefficient (Wildman–Crippen LogP) is 6.22. The fourth-order valence-corrected chi connectivity index (χ4v) is 6.20. The van der Waals surface area contributed by atoms with Crippen LogP contribution in [0, 0.1) is 11.7 Å². The lowest BCUT2D eigenvalue weighted by atomic mass is 9.79. The molecule has 2 aromatic rings. The van der Waals surface area contributed by atoms with Gasteiger partial charge in [0.05, 0.1) is 10.5 Å². The molecule has 2 aromatic carbocycles. The third kappa shape index (κ3) is 5.53. The van der Waals surface area contributed by atoms with Crippen molar-refractivity contribution in [2.24, 2.45) is 5.92 Å². The number of nitrogens with one attached hydrogen (secondary N) is 1. The van der Waals surface area contributed by atoms with Gasteiger partial charge >= 0.3 is 5.97 Å². The molecule has 1 aliphatic carbocycles. The first-order valence-corrected chi connectivity index (χ1v) is 13.7. The minimum atomic E-state index is -3.92. The van der Waals surface area contributed by atoms with Crippen LogP contribution < -0.4 is 4.72 Å². The van der Waals surface area contributed by atoms with Crippen molar-refractivity contribution in [2.75, 3.05) is 4.72 Å². The maximum absolute atomic E-state index is 13.3. The summed E-state index contributed by atoms with van der Waals surface area (Å²) in [6.45, 7) is 4.07. The van der Waals surface area contributed by atoms with Gasteiger partial charge in [0.1, 0.15) is 17.2 Å². The second kappa shape index (κ2) is 10.0. The lowest BCUT2D eigenvalue weighted by Gasteiger charge is -2.38. The van der Waals surface area contributed by atoms with Gasteiger partial charge in [-0.15, -0.1) is 0 Å². The average Bonchev–Trinajstić information content (AvgIpc) is 3.62. The smallest absolute Gasteiger partial charge is 0.338 e. The molecule has 1 saturated carbocycles. The predicted molar refractivity (Wildman–Crippen MR) is 132 cm³/mol. The summed E-state index contributed by atoms with van der Waals surface area (Å²) in [7, 11) is -3.92. The highest BCUT2D eigenvalue weighted by Crippen LogP contribution is 2.50. The zero-order valence-electron chi connectivity index (χ0n) is 20.1. The van der Waals surface area contributed by atoms with E-state index in [4.69, 9.17) is 4.74 Å². The summed E-state index contributed by atoms with van der Waals surface area (Å²) in [5.74, 6) is -1.12. The van der Waals surface area contributed by atoms with Crippen molar-refractivity contribution in [3.8, 4) is 0 Å². The highest BCUT2D eigenvalue weighted by molar-refractivity contribution is 7.92. The van der Waals surface area contributed by atoms with Gasteiger partial charge in [-0.2, -0.15) is 0 Å². The van der Waals surface area contributed by atoms with Crippen LogP contribution in [0.5, 0.6) is 0 Å². The van der Waals surface area contributed by atoms with Gasteiger partial charge in [-0.3, -0.25) is 4.72 Å². The lowest BCUT2D eigenvalue weighted by Crippen LogP contribution is -2.41. The number of ether oxygens (including phenoxy) is 1. The molecule has 0 spiro atoms. The van der Waals surface area contributed by atoms with E-state index in [-0.39, 0.29) is 28.1 Å². The van der Waals surface area contributed by atoms with E-state index < -0.39 is 27.4 Å². The van der Waals surface area contributed by atoms with E-state index in [1.54, 1.807) is 18.2 Å². The van der Waals surface area contributed by atoms with Crippen LogP contribution in [-0.2, 0) is 19.6 Å². The molecule has 1 aliphatic heterocycles. The van der Waals surface area contributed by atoms with E-state index in [2.05, 4.69) is 4.72 Å². The van der Waals surface area contributed by atoms with Gasteiger partial charge in [0, 0.05) is 18.0 Å². The number of hydrogen-bond acceptors (Lipinski definition) is 5. The first kappa shape index (κ1) is 25.2. The molecular formula is C27H32FNO5S. The molecule has 0 saturated heterocycles. The summed E-state index contributed by atoms with van der Waals surface area (Å²) in [6.07, 6.45) is 5.20. The number of cyclic esters (lactones) is 1. The van der Waals surface area contributed by atoms with E-state index in [1.165, 1.54) is 12.1 Å². The molecule has 2 N–H and O–H groups in total. The molecule has 0 aromatic heterocycles. The van der Waals surface area contributed by atoms with E-state index in [0.29, 0.717) is 24.9 Å². The van der Waals surface area contributed by atoms with Gasteiger partial charge in [0.2, 0.25) is 0 Å². The van der Waals surface area contributed by atoms with Crippen LogP contribution in [0.25, 0.3) is 0 Å². The van der Waals surface area contributed by atoms with Gasteiger partial charge in [-0.25, -0.2) is 17.6 Å². The number of aliphatic hydroxyl groups is 1. The number of rotatable bonds is 10.